The van der Waals surface area contributed by atoms with Gasteiger partial charge in [0.05, 0.1) is 5.69 Å². The molecule has 1 N–H and O–H groups in total. The number of rotatable bonds is 2. The van der Waals surface area contributed by atoms with Crippen LogP contribution in [0.1, 0.15) is 35.0 Å². The van der Waals surface area contributed by atoms with Crippen molar-refractivity contribution in [2.45, 2.75) is 26.2 Å². The summed E-state index contributed by atoms with van der Waals surface area (Å²) in [5, 5.41) is 20.9. The first kappa shape index (κ1) is 16.9. The summed E-state index contributed by atoms with van der Waals surface area (Å²) in [4.78, 5) is 12.5. The molecule has 0 unspecified atom stereocenters. The highest BCUT2D eigenvalue weighted by molar-refractivity contribution is 6.31. The van der Waals surface area contributed by atoms with Gasteiger partial charge in [-0.25, -0.2) is 0 Å². The lowest BCUT2D eigenvalue weighted by atomic mass is 9.86. The minimum Gasteiger partial charge on any atom is -0.310 e. The van der Waals surface area contributed by atoms with Crippen molar-refractivity contribution in [2.24, 2.45) is 0 Å². The molecule has 1 aliphatic heterocycles. The number of aromatic nitrogens is 6. The highest BCUT2D eigenvalue weighted by Crippen LogP contribution is 2.42. The smallest absolute Gasteiger partial charge is 0.226 e. The number of fused-ring (bicyclic) bond motifs is 2. The van der Waals surface area contributed by atoms with E-state index in [1.165, 1.54) is 0 Å². The second-order valence-corrected chi connectivity index (χ2v) is 7.20. The molecule has 9 heteroatoms. The number of hydrogen-bond donors (Lipinski definition) is 1. The topological polar surface area (TPSA) is 90.0 Å². The van der Waals surface area contributed by atoms with Crippen LogP contribution in [0.3, 0.4) is 0 Å². The Labute approximate surface area is 165 Å². The Morgan fingerprint density at radius 3 is 2.75 bits per heavy atom. The fourth-order valence-electron chi connectivity index (χ4n) is 3.74. The van der Waals surface area contributed by atoms with Gasteiger partial charge in [0.2, 0.25) is 5.91 Å². The molecule has 4 heterocycles. The van der Waals surface area contributed by atoms with E-state index in [2.05, 4.69) is 25.7 Å². The van der Waals surface area contributed by atoms with Gasteiger partial charge < -0.3 is 5.32 Å². The summed E-state index contributed by atoms with van der Waals surface area (Å²) in [5.41, 5.74) is 3.34. The van der Waals surface area contributed by atoms with Crippen LogP contribution in [0.2, 0.25) is 5.02 Å². The third-order valence-corrected chi connectivity index (χ3v) is 5.35. The van der Waals surface area contributed by atoms with Gasteiger partial charge in [0, 0.05) is 22.9 Å². The lowest BCUT2D eigenvalue weighted by molar-refractivity contribution is -0.116. The molecule has 0 fully saturated rings. The van der Waals surface area contributed by atoms with Crippen LogP contribution in [-0.2, 0) is 4.79 Å². The summed E-state index contributed by atoms with van der Waals surface area (Å²) in [6.45, 7) is 3.76. The number of nitrogens with one attached hydrogen (secondary N) is 1. The SMILES string of the molecule is Cc1nn(-c2ccc3nnc(C)n3n2)c2c1[C@H](c1ccccc1Cl)CC(=O)N2. The van der Waals surface area contributed by atoms with E-state index in [1.807, 2.05) is 44.2 Å². The molecule has 0 bridgehead atoms. The van der Waals surface area contributed by atoms with Crippen LogP contribution in [0, 0.1) is 13.8 Å². The minimum absolute atomic E-state index is 0.0832. The van der Waals surface area contributed by atoms with E-state index in [1.54, 1.807) is 15.3 Å². The van der Waals surface area contributed by atoms with Gasteiger partial charge in [0.25, 0.3) is 0 Å². The van der Waals surface area contributed by atoms with E-state index in [-0.39, 0.29) is 11.8 Å². The Bertz CT molecular complexity index is 1240. The largest absolute Gasteiger partial charge is 0.310 e. The van der Waals surface area contributed by atoms with E-state index in [4.69, 9.17) is 11.6 Å². The lowest BCUT2D eigenvalue weighted by Crippen LogP contribution is -2.25. The minimum atomic E-state index is -0.161. The van der Waals surface area contributed by atoms with Crippen molar-refractivity contribution in [1.82, 2.24) is 29.6 Å². The zero-order valence-corrected chi connectivity index (χ0v) is 16.0. The maximum Gasteiger partial charge on any atom is 0.226 e. The normalized spacial score (nSPS) is 16.2. The number of carbonyl (C=O) groups is 1. The van der Waals surface area contributed by atoms with Gasteiger partial charge in [-0.1, -0.05) is 29.8 Å². The Hall–Kier alpha value is -3.26. The summed E-state index contributed by atoms with van der Waals surface area (Å²) in [7, 11) is 0. The molecule has 8 nitrogen and oxygen atoms in total. The summed E-state index contributed by atoms with van der Waals surface area (Å²) < 4.78 is 3.30. The summed E-state index contributed by atoms with van der Waals surface area (Å²) in [6, 6.07) is 11.2. The first-order valence-corrected chi connectivity index (χ1v) is 9.24. The van der Waals surface area contributed by atoms with Crippen LogP contribution >= 0.6 is 11.6 Å². The third-order valence-electron chi connectivity index (χ3n) is 5.00. The maximum absolute atomic E-state index is 12.5. The maximum atomic E-state index is 12.5. The van der Waals surface area contributed by atoms with E-state index in [9.17, 15) is 4.79 Å². The molecule has 1 atom stereocenters. The third kappa shape index (κ3) is 2.49. The number of nitrogens with zero attached hydrogens (tertiary/aromatic N) is 6. The molecule has 0 radical (unpaired) electrons. The van der Waals surface area contributed by atoms with E-state index >= 15 is 0 Å². The van der Waals surface area contributed by atoms with Gasteiger partial charge in [-0.15, -0.1) is 15.3 Å². The van der Waals surface area contributed by atoms with Crippen molar-refractivity contribution < 1.29 is 4.79 Å². The van der Waals surface area contributed by atoms with Crippen LogP contribution in [0.5, 0.6) is 0 Å². The van der Waals surface area contributed by atoms with Gasteiger partial charge in [-0.2, -0.15) is 14.3 Å². The quantitative estimate of drug-likeness (QED) is 0.565. The zero-order valence-electron chi connectivity index (χ0n) is 15.2. The number of carbonyl (C=O) groups excluding carboxylic acids is 1. The highest BCUT2D eigenvalue weighted by atomic mass is 35.5. The van der Waals surface area contributed by atoms with Gasteiger partial charge in [-0.3, -0.25) is 4.79 Å². The van der Waals surface area contributed by atoms with Crippen LogP contribution < -0.4 is 5.32 Å². The Balaban J connectivity index is 1.70. The monoisotopic (exact) mass is 393 g/mol. The Kier molecular flexibility index (Phi) is 3.70. The van der Waals surface area contributed by atoms with Gasteiger partial charge in [-0.05, 0) is 37.6 Å². The van der Waals surface area contributed by atoms with Gasteiger partial charge >= 0.3 is 0 Å². The van der Waals surface area contributed by atoms with Crippen LogP contribution in [0.15, 0.2) is 36.4 Å². The molecule has 28 heavy (non-hydrogen) atoms. The molecule has 1 aromatic carbocycles. The summed E-state index contributed by atoms with van der Waals surface area (Å²) in [5.74, 6) is 1.62. The first-order valence-electron chi connectivity index (χ1n) is 8.86. The number of amides is 1. The zero-order chi connectivity index (χ0) is 19.4. The number of aryl methyl sites for hydroxylation is 2. The number of halogens is 1. The molecule has 3 aromatic heterocycles. The molecule has 0 saturated heterocycles. The molecule has 0 saturated carbocycles. The first-order chi connectivity index (χ1) is 13.5. The van der Waals surface area contributed by atoms with E-state index < -0.39 is 0 Å². The molecular weight excluding hydrogens is 378 g/mol. The van der Waals surface area contributed by atoms with Crippen molar-refractivity contribution in [1.29, 1.82) is 0 Å². The second kappa shape index (κ2) is 6.13. The molecule has 0 aliphatic carbocycles. The molecule has 0 spiro atoms. The van der Waals surface area contributed by atoms with Crippen molar-refractivity contribution in [2.75, 3.05) is 5.32 Å². The molecule has 4 aromatic rings. The highest BCUT2D eigenvalue weighted by Gasteiger charge is 2.33. The van der Waals surface area contributed by atoms with Gasteiger partial charge in [0.1, 0.15) is 5.82 Å². The predicted octanol–water partition coefficient (Wildman–Crippen LogP) is 3.05. The van der Waals surface area contributed by atoms with Crippen molar-refractivity contribution in [3.05, 3.63) is 64.1 Å². The average Bonchev–Trinajstić information content (AvgIpc) is 3.21. The molecule has 140 valence electrons. The number of benzene rings is 1. The lowest BCUT2D eigenvalue weighted by Gasteiger charge is -2.25. The van der Waals surface area contributed by atoms with Crippen LogP contribution in [0.4, 0.5) is 5.82 Å². The van der Waals surface area contributed by atoms with Crippen molar-refractivity contribution >= 4 is 29.0 Å². The summed E-state index contributed by atoms with van der Waals surface area (Å²) >= 11 is 6.43. The predicted molar refractivity (Wildman–Crippen MR) is 104 cm³/mol. The molecule has 1 aliphatic rings. The molecule has 5 rings (SSSR count). The fraction of sp³-hybridized carbons (Fsp3) is 0.211. The Morgan fingerprint density at radius 2 is 1.93 bits per heavy atom. The van der Waals surface area contributed by atoms with Crippen molar-refractivity contribution in [3.8, 4) is 5.82 Å². The van der Waals surface area contributed by atoms with Crippen LogP contribution in [0.25, 0.3) is 11.5 Å². The van der Waals surface area contributed by atoms with Crippen molar-refractivity contribution in [3.63, 3.8) is 0 Å². The Morgan fingerprint density at radius 1 is 1.11 bits per heavy atom. The average molecular weight is 394 g/mol. The van der Waals surface area contributed by atoms with E-state index in [0.717, 1.165) is 16.8 Å². The standard InChI is InChI=1S/C19H16ClN7O/c1-10-18-13(12-5-3-4-6-14(12)20)9-17(28)21-19(18)27(24-10)16-8-7-15-23-22-11(2)26(15)25-16/h3-8,13H,9H2,1-2H3,(H,21,28)/t13-/m0/s1. The molecule has 1 amide bonds. The molecular formula is C19H16ClN7O. The fourth-order valence-corrected chi connectivity index (χ4v) is 4.00. The van der Waals surface area contributed by atoms with E-state index in [0.29, 0.717) is 34.6 Å². The second-order valence-electron chi connectivity index (χ2n) is 6.79. The van der Waals surface area contributed by atoms with Gasteiger partial charge in [0.15, 0.2) is 17.3 Å². The summed E-state index contributed by atoms with van der Waals surface area (Å²) in [6.07, 6.45) is 0.320. The number of hydrogen-bond acceptors (Lipinski definition) is 5. The van der Waals surface area contributed by atoms with Crippen LogP contribution in [-0.4, -0.2) is 35.5 Å². The number of anilines is 1.